The Kier molecular flexibility index (Phi) is 6.62. The number of nitrogens with one attached hydrogen (secondary N) is 1. The summed E-state index contributed by atoms with van der Waals surface area (Å²) in [5.41, 5.74) is 3.18. The first-order chi connectivity index (χ1) is 16.5. The summed E-state index contributed by atoms with van der Waals surface area (Å²) in [6.07, 6.45) is 0.138. The minimum atomic E-state index is -0.839. The van der Waals surface area contributed by atoms with Crippen LogP contribution in [-0.2, 0) is 14.3 Å². The van der Waals surface area contributed by atoms with Gasteiger partial charge in [-0.1, -0.05) is 69.3 Å². The predicted octanol–water partition coefficient (Wildman–Crippen LogP) is 4.65. The van der Waals surface area contributed by atoms with Gasteiger partial charge in [0, 0.05) is 19.0 Å². The molecule has 0 aromatic heterocycles. The number of carbonyl (C=O) groups is 3. The van der Waals surface area contributed by atoms with Crippen LogP contribution in [0.2, 0.25) is 0 Å². The fourth-order valence-electron chi connectivity index (χ4n) is 5.02. The van der Waals surface area contributed by atoms with E-state index in [-0.39, 0.29) is 18.4 Å². The van der Waals surface area contributed by atoms with E-state index in [0.717, 1.165) is 22.3 Å². The molecule has 0 spiro atoms. The fraction of sp³-hybridized carbons (Fsp3) is 0.464. The summed E-state index contributed by atoms with van der Waals surface area (Å²) in [6.45, 7) is 8.26. The quantitative estimate of drug-likeness (QED) is 0.652. The fourth-order valence-corrected chi connectivity index (χ4v) is 5.02. The lowest BCUT2D eigenvalue weighted by Gasteiger charge is -2.40. The van der Waals surface area contributed by atoms with Crippen molar-refractivity contribution in [2.24, 2.45) is 10.8 Å². The first-order valence-corrected chi connectivity index (χ1v) is 12.1. The second-order valence-corrected chi connectivity index (χ2v) is 11.0. The zero-order chi connectivity index (χ0) is 25.4. The number of amides is 2. The van der Waals surface area contributed by atoms with Gasteiger partial charge in [0.05, 0.1) is 5.41 Å². The Bertz CT molecular complexity index is 1080. The molecule has 4 rings (SSSR count). The third-order valence-electron chi connectivity index (χ3n) is 7.41. The first kappa shape index (κ1) is 24.8. The van der Waals surface area contributed by atoms with E-state index in [2.05, 4.69) is 29.6 Å². The molecule has 7 heteroatoms. The van der Waals surface area contributed by atoms with Crippen molar-refractivity contribution >= 4 is 18.0 Å². The number of alkyl carbamates (subject to hydrolysis) is 1. The summed E-state index contributed by atoms with van der Waals surface area (Å²) in [7, 11) is 0. The number of likely N-dealkylation sites (tertiary alicyclic amines) is 1. The number of aliphatic carboxylic acids is 1. The molecule has 2 aromatic rings. The SMILES string of the molecule is CC1(C(=O)O)CCN(C(=O)[C@H](NC(=O)OCC2c3ccccc3-c3ccccc32)C(C)(C)C)CC1. The van der Waals surface area contributed by atoms with Crippen LogP contribution in [0.1, 0.15) is 57.6 Å². The topological polar surface area (TPSA) is 95.9 Å². The van der Waals surface area contributed by atoms with Crippen molar-refractivity contribution in [3.8, 4) is 11.1 Å². The molecule has 0 unspecified atom stereocenters. The number of hydrogen-bond donors (Lipinski definition) is 2. The number of rotatable bonds is 5. The number of piperidine rings is 1. The second-order valence-electron chi connectivity index (χ2n) is 11.0. The third-order valence-corrected chi connectivity index (χ3v) is 7.41. The summed E-state index contributed by atoms with van der Waals surface area (Å²) < 4.78 is 5.67. The average molecular weight is 479 g/mol. The Hall–Kier alpha value is -3.35. The zero-order valence-electron chi connectivity index (χ0n) is 20.8. The maximum Gasteiger partial charge on any atom is 0.407 e. The van der Waals surface area contributed by atoms with Crippen LogP contribution in [0.3, 0.4) is 0 Å². The molecule has 186 valence electrons. The molecule has 1 fully saturated rings. The average Bonchev–Trinajstić information content (AvgIpc) is 3.14. The van der Waals surface area contributed by atoms with Gasteiger partial charge in [0.2, 0.25) is 5.91 Å². The molecule has 1 saturated heterocycles. The minimum absolute atomic E-state index is 0.0623. The van der Waals surface area contributed by atoms with Crippen molar-refractivity contribution in [3.63, 3.8) is 0 Å². The molecule has 0 radical (unpaired) electrons. The standard InChI is InChI=1S/C28H34N2O5/c1-27(2,3)23(24(31)30-15-13-28(4,14-16-30)25(32)33)29-26(34)35-17-22-20-11-7-5-9-18(20)19-10-6-8-12-21(19)22/h5-12,22-23H,13-17H2,1-4H3,(H,29,34)(H,32,33)/t23-/m0/s1. The van der Waals surface area contributed by atoms with E-state index >= 15 is 0 Å². The predicted molar refractivity (Wildman–Crippen MR) is 133 cm³/mol. The molecule has 0 saturated carbocycles. The number of carboxylic acids is 1. The zero-order valence-corrected chi connectivity index (χ0v) is 20.8. The van der Waals surface area contributed by atoms with Gasteiger partial charge in [-0.3, -0.25) is 9.59 Å². The first-order valence-electron chi connectivity index (χ1n) is 12.1. The number of benzene rings is 2. The van der Waals surface area contributed by atoms with Crippen LogP contribution in [0.5, 0.6) is 0 Å². The summed E-state index contributed by atoms with van der Waals surface area (Å²) in [5, 5.41) is 12.3. The summed E-state index contributed by atoms with van der Waals surface area (Å²) in [6, 6.07) is 15.5. The van der Waals surface area contributed by atoms with E-state index < -0.39 is 28.9 Å². The Labute approximate surface area is 206 Å². The monoisotopic (exact) mass is 478 g/mol. The van der Waals surface area contributed by atoms with Crippen LogP contribution in [0.4, 0.5) is 4.79 Å². The van der Waals surface area contributed by atoms with Gasteiger partial charge in [-0.15, -0.1) is 0 Å². The molecule has 0 bridgehead atoms. The van der Waals surface area contributed by atoms with Crippen LogP contribution < -0.4 is 5.32 Å². The molecule has 1 aliphatic heterocycles. The van der Waals surface area contributed by atoms with Crippen molar-refractivity contribution in [2.45, 2.75) is 52.5 Å². The molecule has 2 N–H and O–H groups in total. The number of carbonyl (C=O) groups excluding carboxylic acids is 2. The number of fused-ring (bicyclic) bond motifs is 3. The lowest BCUT2D eigenvalue weighted by Crippen LogP contribution is -2.57. The van der Waals surface area contributed by atoms with E-state index in [1.54, 1.807) is 11.8 Å². The molecule has 2 aromatic carbocycles. The largest absolute Gasteiger partial charge is 0.481 e. The molecule has 1 heterocycles. The van der Waals surface area contributed by atoms with Crippen LogP contribution in [0.15, 0.2) is 48.5 Å². The van der Waals surface area contributed by atoms with Gasteiger partial charge in [-0.05, 0) is 47.4 Å². The minimum Gasteiger partial charge on any atom is -0.481 e. The molecule has 35 heavy (non-hydrogen) atoms. The van der Waals surface area contributed by atoms with Gasteiger partial charge >= 0.3 is 12.1 Å². The van der Waals surface area contributed by atoms with Crippen LogP contribution in [0, 0.1) is 10.8 Å². The Morgan fingerprint density at radius 2 is 1.54 bits per heavy atom. The van der Waals surface area contributed by atoms with Gasteiger partial charge < -0.3 is 20.1 Å². The highest BCUT2D eigenvalue weighted by molar-refractivity contribution is 5.87. The van der Waals surface area contributed by atoms with Crippen molar-refractivity contribution in [2.75, 3.05) is 19.7 Å². The van der Waals surface area contributed by atoms with Crippen molar-refractivity contribution < 1.29 is 24.2 Å². The number of carboxylic acid groups (broad SMARTS) is 1. The van der Waals surface area contributed by atoms with Crippen LogP contribution in [-0.4, -0.2) is 53.7 Å². The lowest BCUT2D eigenvalue weighted by molar-refractivity contribution is -0.153. The van der Waals surface area contributed by atoms with Crippen molar-refractivity contribution in [1.82, 2.24) is 10.2 Å². The van der Waals surface area contributed by atoms with Crippen molar-refractivity contribution in [3.05, 3.63) is 59.7 Å². The molecular weight excluding hydrogens is 444 g/mol. The van der Waals surface area contributed by atoms with E-state index in [4.69, 9.17) is 4.74 Å². The second kappa shape index (κ2) is 9.36. The normalized spacial score (nSPS) is 17.8. The van der Waals surface area contributed by atoms with E-state index in [0.29, 0.717) is 25.9 Å². The highest BCUT2D eigenvalue weighted by Crippen LogP contribution is 2.44. The third kappa shape index (κ3) is 4.90. The van der Waals surface area contributed by atoms with Crippen LogP contribution in [0.25, 0.3) is 11.1 Å². The summed E-state index contributed by atoms with van der Waals surface area (Å²) in [4.78, 5) is 39.4. The van der Waals surface area contributed by atoms with Gasteiger partial charge in [-0.2, -0.15) is 0 Å². The van der Waals surface area contributed by atoms with Crippen LogP contribution >= 0.6 is 0 Å². The number of nitrogens with zero attached hydrogens (tertiary/aromatic N) is 1. The molecular formula is C28H34N2O5. The summed E-state index contributed by atoms with van der Waals surface area (Å²) >= 11 is 0. The number of ether oxygens (including phenoxy) is 1. The molecule has 7 nitrogen and oxygen atoms in total. The maximum atomic E-state index is 13.4. The van der Waals surface area contributed by atoms with E-state index in [9.17, 15) is 19.5 Å². The lowest BCUT2D eigenvalue weighted by atomic mass is 9.79. The van der Waals surface area contributed by atoms with Gasteiger partial charge in [0.15, 0.2) is 0 Å². The number of hydrogen-bond acceptors (Lipinski definition) is 4. The summed E-state index contributed by atoms with van der Waals surface area (Å²) in [5.74, 6) is -1.11. The molecule has 2 amide bonds. The van der Waals surface area contributed by atoms with E-state index in [1.165, 1.54) is 0 Å². The Morgan fingerprint density at radius 1 is 1.03 bits per heavy atom. The highest BCUT2D eigenvalue weighted by Gasteiger charge is 2.42. The highest BCUT2D eigenvalue weighted by atomic mass is 16.5. The Balaban J connectivity index is 1.42. The van der Waals surface area contributed by atoms with Gasteiger partial charge in [0.25, 0.3) is 0 Å². The van der Waals surface area contributed by atoms with Crippen molar-refractivity contribution in [1.29, 1.82) is 0 Å². The molecule has 1 aliphatic carbocycles. The maximum absolute atomic E-state index is 13.4. The molecule has 2 aliphatic rings. The van der Waals surface area contributed by atoms with Gasteiger partial charge in [0.1, 0.15) is 12.6 Å². The van der Waals surface area contributed by atoms with Gasteiger partial charge in [-0.25, -0.2) is 4.79 Å². The molecule has 1 atom stereocenters. The Morgan fingerprint density at radius 3 is 2.03 bits per heavy atom. The smallest absolute Gasteiger partial charge is 0.407 e. The van der Waals surface area contributed by atoms with E-state index in [1.807, 2.05) is 45.0 Å².